The SMILES string of the molecule is Cc1ccc(C(=O)N2CCC(c3nc(-c4ccc(Br)cc4)no3)CC2)cc1[N+](=O)[O-]. The smallest absolute Gasteiger partial charge is 0.273 e. The van der Waals surface area contributed by atoms with Crippen molar-refractivity contribution in [3.05, 3.63) is 74.1 Å². The quantitative estimate of drug-likeness (QED) is 0.403. The maximum atomic E-state index is 12.8. The fraction of sp³-hybridized carbons (Fsp3) is 0.286. The molecule has 4 rings (SSSR count). The van der Waals surface area contributed by atoms with E-state index in [9.17, 15) is 14.9 Å². The van der Waals surface area contributed by atoms with Gasteiger partial charge in [-0.15, -0.1) is 0 Å². The van der Waals surface area contributed by atoms with Gasteiger partial charge in [0.1, 0.15) is 0 Å². The molecule has 9 heteroatoms. The fourth-order valence-corrected chi connectivity index (χ4v) is 3.83. The van der Waals surface area contributed by atoms with Crippen molar-refractivity contribution in [3.8, 4) is 11.4 Å². The number of carbonyl (C=O) groups excluding carboxylic acids is 1. The molecule has 0 aliphatic carbocycles. The van der Waals surface area contributed by atoms with Gasteiger partial charge >= 0.3 is 0 Å². The van der Waals surface area contributed by atoms with E-state index in [-0.39, 0.29) is 17.5 Å². The van der Waals surface area contributed by atoms with Crippen molar-refractivity contribution in [2.24, 2.45) is 0 Å². The summed E-state index contributed by atoms with van der Waals surface area (Å²) in [6, 6.07) is 12.3. The molecule has 1 aromatic heterocycles. The van der Waals surface area contributed by atoms with Crippen LogP contribution in [0, 0.1) is 17.0 Å². The zero-order chi connectivity index (χ0) is 21.3. The van der Waals surface area contributed by atoms with Crippen LogP contribution in [-0.4, -0.2) is 39.0 Å². The zero-order valence-electron chi connectivity index (χ0n) is 16.2. The Morgan fingerprint density at radius 2 is 1.90 bits per heavy atom. The predicted octanol–water partition coefficient (Wildman–Crippen LogP) is 4.74. The Hall–Kier alpha value is -3.07. The first kappa shape index (κ1) is 20.2. The highest BCUT2D eigenvalue weighted by Crippen LogP contribution is 2.30. The normalized spacial score (nSPS) is 14.7. The van der Waals surface area contributed by atoms with Crippen molar-refractivity contribution in [1.82, 2.24) is 15.0 Å². The van der Waals surface area contributed by atoms with Crippen molar-refractivity contribution in [2.75, 3.05) is 13.1 Å². The Morgan fingerprint density at radius 1 is 1.20 bits per heavy atom. The third-order valence-electron chi connectivity index (χ3n) is 5.33. The number of hydrogen-bond acceptors (Lipinski definition) is 6. The molecule has 0 bridgehead atoms. The van der Waals surface area contributed by atoms with E-state index < -0.39 is 4.92 Å². The fourth-order valence-electron chi connectivity index (χ4n) is 3.57. The molecular weight excluding hydrogens is 452 g/mol. The molecule has 0 radical (unpaired) electrons. The van der Waals surface area contributed by atoms with Gasteiger partial charge in [-0.2, -0.15) is 4.98 Å². The first-order valence-corrected chi connectivity index (χ1v) is 10.4. The van der Waals surface area contributed by atoms with Crippen molar-refractivity contribution < 1.29 is 14.2 Å². The molecule has 0 atom stereocenters. The summed E-state index contributed by atoms with van der Waals surface area (Å²) >= 11 is 3.40. The Bertz CT molecular complexity index is 1090. The van der Waals surface area contributed by atoms with Crippen molar-refractivity contribution in [1.29, 1.82) is 0 Å². The van der Waals surface area contributed by atoms with E-state index in [1.54, 1.807) is 24.0 Å². The second-order valence-electron chi connectivity index (χ2n) is 7.29. The van der Waals surface area contributed by atoms with Crippen LogP contribution in [0.4, 0.5) is 5.69 Å². The molecule has 0 spiro atoms. The number of amides is 1. The number of hydrogen-bond donors (Lipinski definition) is 0. The summed E-state index contributed by atoms with van der Waals surface area (Å²) in [5, 5.41) is 15.2. The highest BCUT2D eigenvalue weighted by atomic mass is 79.9. The minimum absolute atomic E-state index is 0.0398. The summed E-state index contributed by atoms with van der Waals surface area (Å²) in [7, 11) is 0. The van der Waals surface area contributed by atoms with Gasteiger partial charge in [0.25, 0.3) is 11.6 Å². The van der Waals surface area contributed by atoms with E-state index in [0.717, 1.165) is 10.0 Å². The lowest BCUT2D eigenvalue weighted by atomic mass is 9.96. The van der Waals surface area contributed by atoms with Crippen molar-refractivity contribution in [2.45, 2.75) is 25.7 Å². The van der Waals surface area contributed by atoms with Crippen molar-refractivity contribution in [3.63, 3.8) is 0 Å². The van der Waals surface area contributed by atoms with Crippen LogP contribution in [0.2, 0.25) is 0 Å². The lowest BCUT2D eigenvalue weighted by Gasteiger charge is -2.30. The molecule has 1 amide bonds. The van der Waals surface area contributed by atoms with Crippen LogP contribution in [0.15, 0.2) is 51.5 Å². The Morgan fingerprint density at radius 3 is 2.57 bits per heavy atom. The number of aryl methyl sites for hydroxylation is 1. The van der Waals surface area contributed by atoms with Gasteiger partial charge in [0, 0.05) is 46.2 Å². The Labute approximate surface area is 181 Å². The largest absolute Gasteiger partial charge is 0.339 e. The monoisotopic (exact) mass is 470 g/mol. The highest BCUT2D eigenvalue weighted by Gasteiger charge is 2.29. The summed E-state index contributed by atoms with van der Waals surface area (Å²) in [5.41, 5.74) is 1.71. The number of nitrogens with zero attached hydrogens (tertiary/aromatic N) is 4. The molecule has 154 valence electrons. The molecule has 0 N–H and O–H groups in total. The molecule has 0 saturated carbocycles. The van der Waals surface area contributed by atoms with Gasteiger partial charge in [-0.05, 0) is 50.1 Å². The number of nitro groups is 1. The molecule has 1 fully saturated rings. The van der Waals surface area contributed by atoms with Gasteiger partial charge in [0.2, 0.25) is 11.7 Å². The number of halogens is 1. The van der Waals surface area contributed by atoms with E-state index in [1.807, 2.05) is 24.3 Å². The molecule has 2 aromatic carbocycles. The third kappa shape index (κ3) is 4.11. The molecule has 1 aliphatic rings. The minimum atomic E-state index is -0.461. The molecule has 30 heavy (non-hydrogen) atoms. The van der Waals surface area contributed by atoms with Gasteiger partial charge < -0.3 is 9.42 Å². The molecule has 8 nitrogen and oxygen atoms in total. The van der Waals surface area contributed by atoms with E-state index in [4.69, 9.17) is 4.52 Å². The Kier molecular flexibility index (Phi) is 5.63. The van der Waals surface area contributed by atoms with Crippen LogP contribution >= 0.6 is 15.9 Å². The molecule has 2 heterocycles. The van der Waals surface area contributed by atoms with Crippen LogP contribution in [0.5, 0.6) is 0 Å². The Balaban J connectivity index is 1.42. The number of likely N-dealkylation sites (tertiary alicyclic amines) is 1. The van der Waals surface area contributed by atoms with Gasteiger partial charge in [-0.1, -0.05) is 27.2 Å². The zero-order valence-corrected chi connectivity index (χ0v) is 17.8. The number of piperidine rings is 1. The standard InChI is InChI=1S/C21H19BrN4O4/c1-13-2-3-16(12-18(13)26(28)29)21(27)25-10-8-15(9-11-25)20-23-19(24-30-20)14-4-6-17(22)7-5-14/h2-7,12,15H,8-11H2,1H3. The lowest BCUT2D eigenvalue weighted by molar-refractivity contribution is -0.385. The first-order valence-electron chi connectivity index (χ1n) is 9.56. The molecule has 0 unspecified atom stereocenters. The molecular formula is C21H19BrN4O4. The molecule has 3 aromatic rings. The number of benzene rings is 2. The second-order valence-corrected chi connectivity index (χ2v) is 8.20. The average molecular weight is 471 g/mol. The maximum Gasteiger partial charge on any atom is 0.273 e. The summed E-state index contributed by atoms with van der Waals surface area (Å²) in [6.45, 7) is 2.72. The molecule has 1 aliphatic heterocycles. The topological polar surface area (TPSA) is 102 Å². The summed E-state index contributed by atoms with van der Waals surface area (Å²) in [4.78, 5) is 29.7. The van der Waals surface area contributed by atoms with Crippen LogP contribution < -0.4 is 0 Å². The van der Waals surface area contributed by atoms with Gasteiger partial charge in [0.05, 0.1) is 4.92 Å². The van der Waals surface area contributed by atoms with Crippen LogP contribution in [0.3, 0.4) is 0 Å². The minimum Gasteiger partial charge on any atom is -0.339 e. The van der Waals surface area contributed by atoms with Crippen molar-refractivity contribution >= 4 is 27.5 Å². The van der Waals surface area contributed by atoms with Gasteiger partial charge in [-0.25, -0.2) is 0 Å². The highest BCUT2D eigenvalue weighted by molar-refractivity contribution is 9.10. The third-order valence-corrected chi connectivity index (χ3v) is 5.86. The predicted molar refractivity (Wildman–Crippen MR) is 113 cm³/mol. The summed E-state index contributed by atoms with van der Waals surface area (Å²) in [5.74, 6) is 1.00. The lowest BCUT2D eigenvalue weighted by Crippen LogP contribution is -2.38. The summed E-state index contributed by atoms with van der Waals surface area (Å²) < 4.78 is 6.45. The van der Waals surface area contributed by atoms with E-state index in [0.29, 0.717) is 48.8 Å². The number of carbonyl (C=O) groups is 1. The van der Waals surface area contributed by atoms with Crippen LogP contribution in [-0.2, 0) is 0 Å². The van der Waals surface area contributed by atoms with Crippen LogP contribution in [0.1, 0.15) is 40.6 Å². The molecule has 1 saturated heterocycles. The van der Waals surface area contributed by atoms with E-state index in [2.05, 4.69) is 26.1 Å². The second kappa shape index (κ2) is 8.35. The number of nitro benzene ring substituents is 1. The summed E-state index contributed by atoms with van der Waals surface area (Å²) in [6.07, 6.45) is 1.39. The maximum absolute atomic E-state index is 12.8. The van der Waals surface area contributed by atoms with E-state index >= 15 is 0 Å². The number of aromatic nitrogens is 2. The first-order chi connectivity index (χ1) is 14.4. The number of rotatable bonds is 4. The van der Waals surface area contributed by atoms with Crippen LogP contribution in [0.25, 0.3) is 11.4 Å². The van der Waals surface area contributed by atoms with E-state index in [1.165, 1.54) is 6.07 Å². The average Bonchev–Trinajstić information content (AvgIpc) is 3.24. The van der Waals surface area contributed by atoms with Gasteiger partial charge in [-0.3, -0.25) is 14.9 Å². The van der Waals surface area contributed by atoms with Gasteiger partial charge in [0.15, 0.2) is 0 Å².